The predicted octanol–water partition coefficient (Wildman–Crippen LogP) is 2.96. The van der Waals surface area contributed by atoms with Crippen LogP contribution in [-0.4, -0.2) is 16.9 Å². The Bertz CT molecular complexity index is 602. The van der Waals surface area contributed by atoms with Crippen molar-refractivity contribution in [1.29, 1.82) is 0 Å². The smallest absolute Gasteiger partial charge is 0.225 e. The topological polar surface area (TPSA) is 81.2 Å². The number of hydrogen-bond donors (Lipinski definition) is 2. The largest absolute Gasteiger partial charge is 0.449 e. The minimum Gasteiger partial charge on any atom is -0.449 e. The van der Waals surface area contributed by atoms with E-state index in [0.717, 1.165) is 16.9 Å². The number of rotatable bonds is 5. The van der Waals surface area contributed by atoms with Crippen LogP contribution in [0.1, 0.15) is 26.2 Å². The highest BCUT2D eigenvalue weighted by molar-refractivity contribution is 5.91. The maximum atomic E-state index is 11.9. The van der Waals surface area contributed by atoms with Gasteiger partial charge in [0.15, 0.2) is 5.89 Å². The van der Waals surface area contributed by atoms with Gasteiger partial charge in [-0.1, -0.05) is 26.0 Å². The lowest BCUT2D eigenvalue weighted by atomic mass is 10.0. The number of carbonyl (C=O) groups excluding carboxylic acids is 1. The highest BCUT2D eigenvalue weighted by atomic mass is 16.3. The number of oxazole rings is 1. The van der Waals surface area contributed by atoms with Gasteiger partial charge in [0.05, 0.1) is 0 Å². The average molecular weight is 287 g/mol. The van der Waals surface area contributed by atoms with E-state index in [1.54, 1.807) is 13.2 Å². The molecule has 0 spiro atoms. The zero-order chi connectivity index (χ0) is 15.4. The van der Waals surface area contributed by atoms with E-state index in [0.29, 0.717) is 12.3 Å². The zero-order valence-corrected chi connectivity index (χ0v) is 12.6. The molecule has 1 aromatic carbocycles. The summed E-state index contributed by atoms with van der Waals surface area (Å²) in [4.78, 5) is 16.1. The molecule has 1 heterocycles. The second-order valence-electron chi connectivity index (χ2n) is 5.49. The highest BCUT2D eigenvalue weighted by Crippen LogP contribution is 2.20. The zero-order valence-electron chi connectivity index (χ0n) is 12.6. The van der Waals surface area contributed by atoms with Gasteiger partial charge in [0.1, 0.15) is 12.0 Å². The molecule has 1 atom stereocenters. The van der Waals surface area contributed by atoms with Crippen LogP contribution in [0.2, 0.25) is 0 Å². The molecule has 5 heteroatoms. The van der Waals surface area contributed by atoms with E-state index in [1.165, 1.54) is 0 Å². The Morgan fingerprint density at radius 2 is 2.00 bits per heavy atom. The molecule has 0 radical (unpaired) electrons. The van der Waals surface area contributed by atoms with Crippen molar-refractivity contribution in [3.63, 3.8) is 0 Å². The Kier molecular flexibility index (Phi) is 4.75. The van der Waals surface area contributed by atoms with Gasteiger partial charge in [-0.3, -0.25) is 4.79 Å². The van der Waals surface area contributed by atoms with Gasteiger partial charge in [-0.25, -0.2) is 4.98 Å². The molecule has 2 aromatic rings. The van der Waals surface area contributed by atoms with Crippen LogP contribution in [0.4, 0.5) is 5.69 Å². The van der Waals surface area contributed by atoms with Crippen molar-refractivity contribution in [3.8, 4) is 11.3 Å². The summed E-state index contributed by atoms with van der Waals surface area (Å²) in [6.07, 6.45) is 1.94. The standard InChI is InChI=1S/C16H21N3O2/c1-10(2)14(17)8-16(20)19-13-6-4-12(5-7-13)15-9-21-11(3)18-15/h4-7,9-10,14H,8,17H2,1-3H3,(H,19,20). The molecule has 5 nitrogen and oxygen atoms in total. The third kappa shape index (κ3) is 4.16. The molecule has 0 aliphatic rings. The Morgan fingerprint density at radius 1 is 1.33 bits per heavy atom. The van der Waals surface area contributed by atoms with Crippen LogP contribution >= 0.6 is 0 Å². The molecule has 0 fully saturated rings. The second kappa shape index (κ2) is 6.54. The monoisotopic (exact) mass is 287 g/mol. The molecule has 1 amide bonds. The molecular weight excluding hydrogens is 266 g/mol. The van der Waals surface area contributed by atoms with Crippen LogP contribution < -0.4 is 11.1 Å². The summed E-state index contributed by atoms with van der Waals surface area (Å²) in [7, 11) is 0. The van der Waals surface area contributed by atoms with Gasteiger partial charge in [-0.2, -0.15) is 0 Å². The average Bonchev–Trinajstić information content (AvgIpc) is 2.86. The van der Waals surface area contributed by atoms with Crippen LogP contribution in [0.15, 0.2) is 34.9 Å². The number of anilines is 1. The second-order valence-corrected chi connectivity index (χ2v) is 5.49. The number of nitrogens with two attached hydrogens (primary N) is 1. The van der Waals surface area contributed by atoms with Gasteiger partial charge in [0, 0.05) is 30.6 Å². The number of nitrogens with one attached hydrogen (secondary N) is 1. The Labute approximate surface area is 124 Å². The Balaban J connectivity index is 1.98. The van der Waals surface area contributed by atoms with E-state index in [1.807, 2.05) is 38.1 Å². The summed E-state index contributed by atoms with van der Waals surface area (Å²) in [6, 6.07) is 7.36. The van der Waals surface area contributed by atoms with E-state index in [4.69, 9.17) is 10.2 Å². The first-order valence-electron chi connectivity index (χ1n) is 7.03. The van der Waals surface area contributed by atoms with Gasteiger partial charge in [-0.15, -0.1) is 0 Å². The summed E-state index contributed by atoms with van der Waals surface area (Å²) in [6.45, 7) is 5.81. The molecule has 1 unspecified atom stereocenters. The molecular formula is C16H21N3O2. The first kappa shape index (κ1) is 15.3. The first-order valence-corrected chi connectivity index (χ1v) is 7.03. The Morgan fingerprint density at radius 3 is 2.52 bits per heavy atom. The van der Waals surface area contributed by atoms with E-state index < -0.39 is 0 Å². The van der Waals surface area contributed by atoms with Gasteiger partial charge < -0.3 is 15.5 Å². The Hall–Kier alpha value is -2.14. The highest BCUT2D eigenvalue weighted by Gasteiger charge is 2.13. The minimum absolute atomic E-state index is 0.0683. The first-order chi connectivity index (χ1) is 9.95. The van der Waals surface area contributed by atoms with E-state index >= 15 is 0 Å². The number of benzene rings is 1. The molecule has 0 bridgehead atoms. The van der Waals surface area contributed by atoms with Gasteiger partial charge in [0.25, 0.3) is 0 Å². The van der Waals surface area contributed by atoms with Gasteiger partial charge in [-0.05, 0) is 18.1 Å². The number of hydrogen-bond acceptors (Lipinski definition) is 4. The van der Waals surface area contributed by atoms with Crippen LogP contribution in [-0.2, 0) is 4.79 Å². The summed E-state index contributed by atoms with van der Waals surface area (Å²) in [5.74, 6) is 0.847. The lowest BCUT2D eigenvalue weighted by Crippen LogP contribution is -2.31. The van der Waals surface area contributed by atoms with Crippen LogP contribution in [0.3, 0.4) is 0 Å². The fourth-order valence-corrected chi connectivity index (χ4v) is 1.88. The third-order valence-electron chi connectivity index (χ3n) is 3.36. The molecule has 112 valence electrons. The molecule has 0 saturated carbocycles. The van der Waals surface area contributed by atoms with E-state index in [9.17, 15) is 4.79 Å². The van der Waals surface area contributed by atoms with Gasteiger partial charge in [0.2, 0.25) is 5.91 Å². The fourth-order valence-electron chi connectivity index (χ4n) is 1.88. The number of aromatic nitrogens is 1. The molecule has 2 rings (SSSR count). The molecule has 0 saturated heterocycles. The van der Waals surface area contributed by atoms with Crippen LogP contribution in [0.5, 0.6) is 0 Å². The summed E-state index contributed by atoms with van der Waals surface area (Å²) in [5, 5.41) is 2.85. The summed E-state index contributed by atoms with van der Waals surface area (Å²) >= 11 is 0. The quantitative estimate of drug-likeness (QED) is 0.885. The van der Waals surface area contributed by atoms with Crippen molar-refractivity contribution in [2.45, 2.75) is 33.2 Å². The van der Waals surface area contributed by atoms with Crippen molar-refractivity contribution < 1.29 is 9.21 Å². The predicted molar refractivity (Wildman–Crippen MR) is 82.7 cm³/mol. The third-order valence-corrected chi connectivity index (χ3v) is 3.36. The van der Waals surface area contributed by atoms with Crippen molar-refractivity contribution >= 4 is 11.6 Å². The minimum atomic E-state index is -0.123. The van der Waals surface area contributed by atoms with Crippen molar-refractivity contribution in [2.75, 3.05) is 5.32 Å². The summed E-state index contributed by atoms with van der Waals surface area (Å²) in [5.41, 5.74) is 8.38. The van der Waals surface area contributed by atoms with Crippen LogP contribution in [0.25, 0.3) is 11.3 Å². The van der Waals surface area contributed by atoms with Gasteiger partial charge >= 0.3 is 0 Å². The normalized spacial score (nSPS) is 12.4. The van der Waals surface area contributed by atoms with Crippen molar-refractivity contribution in [2.24, 2.45) is 11.7 Å². The summed E-state index contributed by atoms with van der Waals surface area (Å²) < 4.78 is 5.19. The number of amides is 1. The molecule has 0 aliphatic carbocycles. The van der Waals surface area contributed by atoms with E-state index in [2.05, 4.69) is 10.3 Å². The molecule has 0 aliphatic heterocycles. The molecule has 3 N–H and O–H groups in total. The lowest BCUT2D eigenvalue weighted by Gasteiger charge is -2.15. The maximum absolute atomic E-state index is 11.9. The number of nitrogens with zero attached hydrogens (tertiary/aromatic N) is 1. The van der Waals surface area contributed by atoms with Crippen molar-refractivity contribution in [3.05, 3.63) is 36.4 Å². The van der Waals surface area contributed by atoms with Crippen LogP contribution in [0, 0.1) is 12.8 Å². The number of aryl methyl sites for hydroxylation is 1. The van der Waals surface area contributed by atoms with Crippen molar-refractivity contribution in [1.82, 2.24) is 4.98 Å². The molecule has 21 heavy (non-hydrogen) atoms. The fraction of sp³-hybridized carbons (Fsp3) is 0.375. The molecule has 1 aromatic heterocycles. The van der Waals surface area contributed by atoms with E-state index in [-0.39, 0.29) is 17.9 Å². The maximum Gasteiger partial charge on any atom is 0.225 e. The lowest BCUT2D eigenvalue weighted by molar-refractivity contribution is -0.116. The number of carbonyl (C=O) groups is 1. The SMILES string of the molecule is Cc1nc(-c2ccc(NC(=O)CC(N)C(C)C)cc2)co1.